The summed E-state index contributed by atoms with van der Waals surface area (Å²) in [4.78, 5) is 20.5. The van der Waals surface area contributed by atoms with Crippen molar-refractivity contribution in [1.82, 2.24) is 15.1 Å². The van der Waals surface area contributed by atoms with Gasteiger partial charge in [0.2, 0.25) is 21.7 Å². The summed E-state index contributed by atoms with van der Waals surface area (Å²) in [5.74, 6) is 0.253. The molecule has 0 aliphatic carbocycles. The summed E-state index contributed by atoms with van der Waals surface area (Å²) >= 11 is 0. The van der Waals surface area contributed by atoms with Gasteiger partial charge in [0.1, 0.15) is 0 Å². The first-order valence-corrected chi connectivity index (χ1v) is 10.3. The van der Waals surface area contributed by atoms with Gasteiger partial charge in [-0.05, 0) is 30.7 Å². The molecule has 0 bridgehead atoms. The number of para-hydroxylation sites is 1. The maximum Gasteiger partial charge on any atom is 0.340 e. The number of aryl methyl sites for hydroxylation is 1. The molecule has 0 unspecified atom stereocenters. The van der Waals surface area contributed by atoms with Gasteiger partial charge in [0.15, 0.2) is 0 Å². The van der Waals surface area contributed by atoms with Crippen LogP contribution in [0.2, 0.25) is 0 Å². The number of esters is 1. The van der Waals surface area contributed by atoms with Crippen molar-refractivity contribution in [3.63, 3.8) is 0 Å². The maximum atomic E-state index is 12.2. The topological polar surface area (TPSA) is 124 Å². The number of hydrogen-bond acceptors (Lipinski definition) is 8. The van der Waals surface area contributed by atoms with Crippen molar-refractivity contribution in [2.45, 2.75) is 12.8 Å². The minimum absolute atomic E-state index is 0.122. The lowest BCUT2D eigenvalue weighted by Crippen LogP contribution is -2.15. The number of carbonyl (C=O) groups excluding carboxylic acids is 1. The number of ether oxygens (including phenoxy) is 1. The van der Waals surface area contributed by atoms with E-state index in [1.807, 2.05) is 6.07 Å². The predicted octanol–water partition coefficient (Wildman–Crippen LogP) is 2.29. The number of pyridine rings is 1. The highest BCUT2D eigenvalue weighted by molar-refractivity contribution is 7.92. The second kappa shape index (κ2) is 8.61. The summed E-state index contributed by atoms with van der Waals surface area (Å²) in [5.41, 5.74) is 1.07. The van der Waals surface area contributed by atoms with E-state index in [1.165, 1.54) is 12.1 Å². The van der Waals surface area contributed by atoms with Crippen LogP contribution in [-0.2, 0) is 21.2 Å². The molecule has 10 heteroatoms. The van der Waals surface area contributed by atoms with Crippen molar-refractivity contribution < 1.29 is 22.5 Å². The van der Waals surface area contributed by atoms with Gasteiger partial charge in [0, 0.05) is 24.4 Å². The number of carbonyl (C=O) groups is 1. The van der Waals surface area contributed by atoms with Crippen molar-refractivity contribution in [2.75, 3.05) is 17.6 Å². The normalized spacial score (nSPS) is 11.2. The fourth-order valence-corrected chi connectivity index (χ4v) is 2.96. The number of anilines is 1. The third-order valence-corrected chi connectivity index (χ3v) is 4.19. The van der Waals surface area contributed by atoms with E-state index < -0.39 is 16.0 Å². The molecule has 28 heavy (non-hydrogen) atoms. The van der Waals surface area contributed by atoms with Crippen LogP contribution in [0.1, 0.15) is 22.7 Å². The Kier molecular flexibility index (Phi) is 5.99. The second-order valence-electron chi connectivity index (χ2n) is 5.91. The van der Waals surface area contributed by atoms with E-state index in [9.17, 15) is 13.2 Å². The van der Waals surface area contributed by atoms with Crippen molar-refractivity contribution in [2.24, 2.45) is 0 Å². The van der Waals surface area contributed by atoms with Crippen LogP contribution in [0.5, 0.6) is 0 Å². The van der Waals surface area contributed by atoms with Crippen LogP contribution < -0.4 is 4.72 Å². The summed E-state index contributed by atoms with van der Waals surface area (Å²) in [6, 6.07) is 9.85. The van der Waals surface area contributed by atoms with Crippen LogP contribution in [0.25, 0.3) is 11.4 Å². The van der Waals surface area contributed by atoms with E-state index in [4.69, 9.17) is 9.26 Å². The summed E-state index contributed by atoms with van der Waals surface area (Å²) < 4.78 is 35.5. The Bertz CT molecular complexity index is 1050. The molecule has 9 nitrogen and oxygen atoms in total. The van der Waals surface area contributed by atoms with E-state index in [2.05, 4.69) is 19.8 Å². The lowest BCUT2D eigenvalue weighted by Gasteiger charge is -2.10. The Hall–Kier alpha value is -3.27. The Balaban J connectivity index is 1.52. The molecular formula is C18H18N4O5S. The van der Waals surface area contributed by atoms with E-state index in [0.717, 1.165) is 11.8 Å². The van der Waals surface area contributed by atoms with Gasteiger partial charge < -0.3 is 9.26 Å². The first-order chi connectivity index (χ1) is 13.4. The highest BCUT2D eigenvalue weighted by Gasteiger charge is 2.15. The average Bonchev–Trinajstić information content (AvgIpc) is 3.14. The minimum Gasteiger partial charge on any atom is -0.462 e. The number of nitrogens with zero attached hydrogens (tertiary/aromatic N) is 3. The molecule has 0 aliphatic heterocycles. The number of rotatable bonds is 8. The van der Waals surface area contributed by atoms with Gasteiger partial charge in [0.25, 0.3) is 0 Å². The number of sulfonamides is 1. The molecule has 0 saturated heterocycles. The molecule has 146 valence electrons. The molecule has 2 heterocycles. The second-order valence-corrected chi connectivity index (χ2v) is 7.66. The van der Waals surface area contributed by atoms with E-state index in [1.54, 1.807) is 30.6 Å². The van der Waals surface area contributed by atoms with Gasteiger partial charge in [0.05, 0.1) is 24.1 Å². The molecular weight excluding hydrogens is 384 g/mol. The standard InChI is InChI=1S/C18H18N4O5S/c1-28(24,25)22-15-8-3-2-7-14(15)18(23)26-11-5-9-16-20-17(21-27-16)13-6-4-10-19-12-13/h2-4,6-8,10,12,22H,5,9,11H2,1H3. The smallest absolute Gasteiger partial charge is 0.340 e. The summed E-state index contributed by atoms with van der Waals surface area (Å²) in [6.45, 7) is 0.122. The summed E-state index contributed by atoms with van der Waals surface area (Å²) in [6.07, 6.45) is 5.21. The molecule has 1 N–H and O–H groups in total. The molecule has 0 radical (unpaired) electrons. The molecule has 3 rings (SSSR count). The zero-order valence-electron chi connectivity index (χ0n) is 15.0. The van der Waals surface area contributed by atoms with Gasteiger partial charge in [-0.3, -0.25) is 9.71 Å². The predicted molar refractivity (Wildman–Crippen MR) is 101 cm³/mol. The van der Waals surface area contributed by atoms with Crippen molar-refractivity contribution >= 4 is 21.7 Å². The van der Waals surface area contributed by atoms with Gasteiger partial charge in [-0.15, -0.1) is 0 Å². The van der Waals surface area contributed by atoms with Crippen LogP contribution in [0, 0.1) is 0 Å². The minimum atomic E-state index is -3.50. The van der Waals surface area contributed by atoms with E-state index >= 15 is 0 Å². The van der Waals surface area contributed by atoms with Crippen LogP contribution in [-0.4, -0.2) is 42.4 Å². The summed E-state index contributed by atoms with van der Waals surface area (Å²) in [7, 11) is -3.50. The van der Waals surface area contributed by atoms with Crippen LogP contribution in [0.3, 0.4) is 0 Å². The van der Waals surface area contributed by atoms with Gasteiger partial charge in [-0.1, -0.05) is 17.3 Å². The number of benzene rings is 1. The van der Waals surface area contributed by atoms with Crippen molar-refractivity contribution in [3.05, 3.63) is 60.2 Å². The Morgan fingerprint density at radius 1 is 1.21 bits per heavy atom. The molecule has 0 fully saturated rings. The van der Waals surface area contributed by atoms with Crippen molar-refractivity contribution in [3.8, 4) is 11.4 Å². The monoisotopic (exact) mass is 402 g/mol. The average molecular weight is 402 g/mol. The largest absolute Gasteiger partial charge is 0.462 e. The third-order valence-electron chi connectivity index (χ3n) is 3.60. The quantitative estimate of drug-likeness (QED) is 0.449. The summed E-state index contributed by atoms with van der Waals surface area (Å²) in [5, 5.41) is 3.89. The van der Waals surface area contributed by atoms with Crippen LogP contribution in [0.4, 0.5) is 5.69 Å². The maximum absolute atomic E-state index is 12.2. The van der Waals surface area contributed by atoms with E-state index in [-0.39, 0.29) is 17.9 Å². The lowest BCUT2D eigenvalue weighted by molar-refractivity contribution is 0.0499. The molecule has 0 spiro atoms. The Morgan fingerprint density at radius 2 is 2.04 bits per heavy atom. The molecule has 0 saturated carbocycles. The zero-order chi connectivity index (χ0) is 20.0. The SMILES string of the molecule is CS(=O)(=O)Nc1ccccc1C(=O)OCCCc1nc(-c2cccnc2)no1. The Labute approximate surface area is 161 Å². The number of nitrogens with one attached hydrogen (secondary N) is 1. The molecule has 3 aromatic rings. The Morgan fingerprint density at radius 3 is 2.79 bits per heavy atom. The molecule has 0 amide bonds. The highest BCUT2D eigenvalue weighted by atomic mass is 32.2. The molecule has 0 atom stereocenters. The highest BCUT2D eigenvalue weighted by Crippen LogP contribution is 2.18. The third kappa shape index (κ3) is 5.36. The van der Waals surface area contributed by atoms with E-state index in [0.29, 0.717) is 24.6 Å². The van der Waals surface area contributed by atoms with Crippen LogP contribution >= 0.6 is 0 Å². The van der Waals surface area contributed by atoms with Gasteiger partial charge >= 0.3 is 5.97 Å². The molecule has 2 aromatic heterocycles. The lowest BCUT2D eigenvalue weighted by atomic mass is 10.2. The van der Waals surface area contributed by atoms with Crippen molar-refractivity contribution in [1.29, 1.82) is 0 Å². The first-order valence-electron chi connectivity index (χ1n) is 8.39. The molecule has 1 aromatic carbocycles. The van der Waals surface area contributed by atoms with Gasteiger partial charge in [-0.2, -0.15) is 4.98 Å². The van der Waals surface area contributed by atoms with Gasteiger partial charge in [-0.25, -0.2) is 13.2 Å². The fourth-order valence-electron chi connectivity index (χ4n) is 2.38. The fraction of sp³-hybridized carbons (Fsp3) is 0.222. The molecule has 0 aliphatic rings. The van der Waals surface area contributed by atoms with Crippen LogP contribution in [0.15, 0.2) is 53.3 Å². The first kappa shape index (κ1) is 19.5. The number of aromatic nitrogens is 3. The zero-order valence-corrected chi connectivity index (χ0v) is 15.8. The number of hydrogen-bond donors (Lipinski definition) is 1.